The molecule has 0 radical (unpaired) electrons. The highest BCUT2D eigenvalue weighted by Crippen LogP contribution is 2.26. The standard InChI is InChI=1S/C11H18N4O/c1-8(12)6-15-7-10(14(2)11(15)16)9-4-3-5-13-9/h3-5,8,10,13H,6-7,12H2,1-2H3. The van der Waals surface area contributed by atoms with Gasteiger partial charge in [0.1, 0.15) is 0 Å². The van der Waals surface area contributed by atoms with Crippen LogP contribution >= 0.6 is 0 Å². The van der Waals surface area contributed by atoms with E-state index in [4.69, 9.17) is 5.73 Å². The lowest BCUT2D eigenvalue weighted by molar-refractivity contribution is 0.194. The van der Waals surface area contributed by atoms with E-state index in [0.29, 0.717) is 13.1 Å². The highest BCUT2D eigenvalue weighted by atomic mass is 16.2. The second-order valence-electron chi connectivity index (χ2n) is 4.42. The Hall–Kier alpha value is -1.49. The minimum Gasteiger partial charge on any atom is -0.363 e. The predicted molar refractivity (Wildman–Crippen MR) is 61.9 cm³/mol. The number of carbonyl (C=O) groups excluding carboxylic acids is 1. The van der Waals surface area contributed by atoms with Crippen LogP contribution in [0.25, 0.3) is 0 Å². The van der Waals surface area contributed by atoms with Crippen molar-refractivity contribution in [3.63, 3.8) is 0 Å². The Labute approximate surface area is 95.2 Å². The molecule has 2 rings (SSSR count). The third-order valence-electron chi connectivity index (χ3n) is 2.92. The monoisotopic (exact) mass is 222 g/mol. The molecule has 2 heterocycles. The van der Waals surface area contributed by atoms with Crippen molar-refractivity contribution in [1.29, 1.82) is 0 Å². The van der Waals surface area contributed by atoms with Gasteiger partial charge >= 0.3 is 6.03 Å². The van der Waals surface area contributed by atoms with E-state index in [0.717, 1.165) is 5.69 Å². The molecule has 1 aliphatic rings. The molecule has 2 amide bonds. The number of amides is 2. The maximum absolute atomic E-state index is 11.9. The molecule has 0 aliphatic carbocycles. The van der Waals surface area contributed by atoms with E-state index < -0.39 is 0 Å². The molecular weight excluding hydrogens is 204 g/mol. The van der Waals surface area contributed by atoms with E-state index in [-0.39, 0.29) is 18.1 Å². The molecule has 1 aromatic rings. The van der Waals surface area contributed by atoms with Gasteiger partial charge in [0.15, 0.2) is 0 Å². The van der Waals surface area contributed by atoms with E-state index >= 15 is 0 Å². The summed E-state index contributed by atoms with van der Waals surface area (Å²) in [5, 5.41) is 0. The van der Waals surface area contributed by atoms with Gasteiger partial charge in [0, 0.05) is 38.1 Å². The number of nitrogens with zero attached hydrogens (tertiary/aromatic N) is 2. The normalized spacial score (nSPS) is 22.9. The van der Waals surface area contributed by atoms with E-state index in [1.54, 1.807) is 9.80 Å². The minimum absolute atomic E-state index is 0.0136. The maximum Gasteiger partial charge on any atom is 0.320 e. The van der Waals surface area contributed by atoms with E-state index in [1.807, 2.05) is 32.3 Å². The predicted octanol–water partition coefficient (Wildman–Crippen LogP) is 0.770. The first-order valence-corrected chi connectivity index (χ1v) is 5.50. The highest BCUT2D eigenvalue weighted by Gasteiger charge is 2.35. The average molecular weight is 222 g/mol. The number of hydrogen-bond donors (Lipinski definition) is 2. The lowest BCUT2D eigenvalue weighted by Crippen LogP contribution is -2.38. The molecule has 1 aliphatic heterocycles. The third kappa shape index (κ3) is 1.90. The number of rotatable bonds is 3. The van der Waals surface area contributed by atoms with E-state index in [9.17, 15) is 4.79 Å². The van der Waals surface area contributed by atoms with Gasteiger partial charge in [-0.2, -0.15) is 0 Å². The van der Waals surface area contributed by atoms with Crippen LogP contribution in [-0.2, 0) is 0 Å². The molecule has 5 nitrogen and oxygen atoms in total. The summed E-state index contributed by atoms with van der Waals surface area (Å²) < 4.78 is 0. The van der Waals surface area contributed by atoms with Crippen LogP contribution in [0.4, 0.5) is 4.79 Å². The number of aromatic nitrogens is 1. The number of nitrogens with two attached hydrogens (primary N) is 1. The number of urea groups is 1. The molecule has 1 fully saturated rings. The molecule has 0 aromatic carbocycles. The van der Waals surface area contributed by atoms with Gasteiger partial charge in [-0.05, 0) is 19.1 Å². The van der Waals surface area contributed by atoms with Crippen molar-refractivity contribution in [3.8, 4) is 0 Å². The largest absolute Gasteiger partial charge is 0.363 e. The van der Waals surface area contributed by atoms with Gasteiger partial charge in [0.2, 0.25) is 0 Å². The van der Waals surface area contributed by atoms with Crippen LogP contribution in [0.5, 0.6) is 0 Å². The summed E-state index contributed by atoms with van der Waals surface area (Å²) in [7, 11) is 1.83. The molecule has 0 bridgehead atoms. The molecule has 0 saturated carbocycles. The zero-order valence-corrected chi connectivity index (χ0v) is 9.68. The van der Waals surface area contributed by atoms with Gasteiger partial charge in [-0.3, -0.25) is 0 Å². The Balaban J connectivity index is 2.11. The number of H-pyrrole nitrogens is 1. The Bertz CT molecular complexity index is 360. The van der Waals surface area contributed by atoms with Crippen molar-refractivity contribution in [2.45, 2.75) is 19.0 Å². The number of aromatic amines is 1. The number of hydrogen-bond acceptors (Lipinski definition) is 2. The van der Waals surface area contributed by atoms with Crippen LogP contribution < -0.4 is 5.73 Å². The SMILES string of the molecule is CC(N)CN1CC(c2ccc[nH]2)N(C)C1=O. The first-order valence-electron chi connectivity index (χ1n) is 5.50. The van der Waals surface area contributed by atoms with Gasteiger partial charge < -0.3 is 20.5 Å². The Morgan fingerprint density at radius 1 is 1.69 bits per heavy atom. The van der Waals surface area contributed by atoms with Crippen molar-refractivity contribution in [2.24, 2.45) is 5.73 Å². The Morgan fingerprint density at radius 3 is 3.00 bits per heavy atom. The zero-order chi connectivity index (χ0) is 11.7. The smallest absolute Gasteiger partial charge is 0.320 e. The van der Waals surface area contributed by atoms with Crippen molar-refractivity contribution in [1.82, 2.24) is 14.8 Å². The molecular formula is C11H18N4O. The van der Waals surface area contributed by atoms with E-state index in [2.05, 4.69) is 4.98 Å². The molecule has 5 heteroatoms. The fraction of sp³-hybridized carbons (Fsp3) is 0.545. The molecule has 2 unspecified atom stereocenters. The minimum atomic E-state index is 0.0136. The second kappa shape index (κ2) is 4.17. The summed E-state index contributed by atoms with van der Waals surface area (Å²) in [6, 6.07) is 4.13. The summed E-state index contributed by atoms with van der Waals surface area (Å²) in [6.45, 7) is 3.23. The third-order valence-corrected chi connectivity index (χ3v) is 2.92. The average Bonchev–Trinajstić information content (AvgIpc) is 2.81. The summed E-state index contributed by atoms with van der Waals surface area (Å²) >= 11 is 0. The Morgan fingerprint density at radius 2 is 2.44 bits per heavy atom. The van der Waals surface area contributed by atoms with E-state index in [1.165, 1.54) is 0 Å². The van der Waals surface area contributed by atoms with Crippen LogP contribution in [0.1, 0.15) is 18.7 Å². The first-order chi connectivity index (χ1) is 7.59. The van der Waals surface area contributed by atoms with Gasteiger partial charge in [0.25, 0.3) is 0 Å². The van der Waals surface area contributed by atoms with Gasteiger partial charge in [-0.25, -0.2) is 4.79 Å². The fourth-order valence-corrected chi connectivity index (χ4v) is 2.12. The van der Waals surface area contributed by atoms with Crippen LogP contribution in [0.15, 0.2) is 18.3 Å². The molecule has 16 heavy (non-hydrogen) atoms. The van der Waals surface area contributed by atoms with Gasteiger partial charge in [0.05, 0.1) is 6.04 Å². The lowest BCUT2D eigenvalue weighted by Gasteiger charge is -2.17. The van der Waals surface area contributed by atoms with Crippen molar-refractivity contribution in [2.75, 3.05) is 20.1 Å². The highest BCUT2D eigenvalue weighted by molar-refractivity contribution is 5.77. The summed E-state index contributed by atoms with van der Waals surface area (Å²) in [6.07, 6.45) is 1.88. The summed E-state index contributed by atoms with van der Waals surface area (Å²) in [5.41, 5.74) is 6.80. The summed E-state index contributed by atoms with van der Waals surface area (Å²) in [4.78, 5) is 18.6. The molecule has 3 N–H and O–H groups in total. The molecule has 1 saturated heterocycles. The van der Waals surface area contributed by atoms with Crippen molar-refractivity contribution < 1.29 is 4.79 Å². The fourth-order valence-electron chi connectivity index (χ4n) is 2.12. The van der Waals surface area contributed by atoms with Gasteiger partial charge in [-0.1, -0.05) is 0 Å². The lowest BCUT2D eigenvalue weighted by atomic mass is 10.2. The van der Waals surface area contributed by atoms with Crippen LogP contribution in [0.3, 0.4) is 0 Å². The number of likely N-dealkylation sites (N-methyl/N-ethyl adjacent to an activating group) is 1. The molecule has 1 aromatic heterocycles. The number of nitrogens with one attached hydrogen (secondary N) is 1. The topological polar surface area (TPSA) is 65.4 Å². The van der Waals surface area contributed by atoms with Crippen LogP contribution in [0.2, 0.25) is 0 Å². The quantitative estimate of drug-likeness (QED) is 0.793. The Kier molecular flexibility index (Phi) is 2.87. The zero-order valence-electron chi connectivity index (χ0n) is 9.68. The summed E-state index contributed by atoms with van der Waals surface area (Å²) in [5.74, 6) is 0. The first kappa shape index (κ1) is 11.0. The maximum atomic E-state index is 11.9. The van der Waals surface area contributed by atoms with Crippen LogP contribution in [0, 0.1) is 0 Å². The molecule has 0 spiro atoms. The molecule has 2 atom stereocenters. The van der Waals surface area contributed by atoms with Crippen LogP contribution in [-0.4, -0.2) is 47.0 Å². The molecule has 88 valence electrons. The van der Waals surface area contributed by atoms with Crippen molar-refractivity contribution >= 4 is 6.03 Å². The van der Waals surface area contributed by atoms with Crippen molar-refractivity contribution in [3.05, 3.63) is 24.0 Å². The number of carbonyl (C=O) groups is 1. The van der Waals surface area contributed by atoms with Gasteiger partial charge in [-0.15, -0.1) is 0 Å². The second-order valence-corrected chi connectivity index (χ2v) is 4.42.